The number of piperidine rings is 1. The van der Waals surface area contributed by atoms with Gasteiger partial charge < -0.3 is 15.3 Å². The first kappa shape index (κ1) is 17.5. The van der Waals surface area contributed by atoms with E-state index in [0.29, 0.717) is 12.5 Å². The number of benzene rings is 1. The van der Waals surface area contributed by atoms with Crippen LogP contribution in [0.15, 0.2) is 29.6 Å². The molecule has 0 aliphatic carbocycles. The molecule has 1 aliphatic heterocycles. The van der Waals surface area contributed by atoms with E-state index >= 15 is 0 Å². The third kappa shape index (κ3) is 4.83. The molecule has 1 saturated heterocycles. The molecule has 2 N–H and O–H groups in total. The lowest BCUT2D eigenvalue weighted by Crippen LogP contribution is -2.40. The van der Waals surface area contributed by atoms with Crippen LogP contribution in [-0.2, 0) is 6.54 Å². The summed E-state index contributed by atoms with van der Waals surface area (Å²) in [5.41, 5.74) is 1.85. The number of hydrogen-bond acceptors (Lipinski definition) is 5. The van der Waals surface area contributed by atoms with Crippen molar-refractivity contribution in [3.63, 3.8) is 0 Å². The van der Waals surface area contributed by atoms with Gasteiger partial charge in [0.05, 0.1) is 5.69 Å². The van der Waals surface area contributed by atoms with E-state index in [-0.39, 0.29) is 5.82 Å². The van der Waals surface area contributed by atoms with Crippen LogP contribution < -0.4 is 5.32 Å². The summed E-state index contributed by atoms with van der Waals surface area (Å²) in [5.74, 6) is 0.216. The largest absolute Gasteiger partial charge is 0.396 e. The molecule has 1 aromatic heterocycles. The number of nitrogens with zero attached hydrogens (tertiary/aromatic N) is 2. The highest BCUT2D eigenvalue weighted by Gasteiger charge is 2.18. The lowest BCUT2D eigenvalue weighted by Gasteiger charge is -2.31. The fourth-order valence-electron chi connectivity index (χ4n) is 3.08. The second-order valence-electron chi connectivity index (χ2n) is 6.30. The molecule has 1 aromatic carbocycles. The Morgan fingerprint density at radius 2 is 2.17 bits per heavy atom. The van der Waals surface area contributed by atoms with Crippen molar-refractivity contribution in [2.75, 3.05) is 32.8 Å². The summed E-state index contributed by atoms with van der Waals surface area (Å²) in [6, 6.07) is 6.45. The van der Waals surface area contributed by atoms with Crippen LogP contribution in [0.2, 0.25) is 0 Å². The molecule has 130 valence electrons. The highest BCUT2D eigenvalue weighted by molar-refractivity contribution is 7.09. The van der Waals surface area contributed by atoms with Crippen LogP contribution in [0.5, 0.6) is 0 Å². The van der Waals surface area contributed by atoms with E-state index in [9.17, 15) is 9.50 Å². The third-order valence-corrected chi connectivity index (χ3v) is 5.28. The number of nitrogens with one attached hydrogen (secondary N) is 1. The Hall–Kier alpha value is -1.34. The first-order valence-corrected chi connectivity index (χ1v) is 9.37. The molecule has 0 radical (unpaired) electrons. The van der Waals surface area contributed by atoms with Crippen LogP contribution in [0.4, 0.5) is 4.39 Å². The molecular formula is C18H24FN3OS. The van der Waals surface area contributed by atoms with Crippen molar-refractivity contribution < 1.29 is 9.50 Å². The molecule has 2 heterocycles. The van der Waals surface area contributed by atoms with Crippen molar-refractivity contribution in [3.05, 3.63) is 40.5 Å². The van der Waals surface area contributed by atoms with Gasteiger partial charge in [-0.15, -0.1) is 11.3 Å². The van der Waals surface area contributed by atoms with Crippen LogP contribution in [-0.4, -0.2) is 47.8 Å². The normalized spacial score (nSPS) is 18.8. The molecule has 0 unspecified atom stereocenters. The molecule has 3 rings (SSSR count). The quantitative estimate of drug-likeness (QED) is 0.755. The lowest BCUT2D eigenvalue weighted by molar-refractivity contribution is 0.121. The first-order valence-electron chi connectivity index (χ1n) is 8.49. The summed E-state index contributed by atoms with van der Waals surface area (Å²) in [6.07, 6.45) is 2.32. The number of hydrogen-bond donors (Lipinski definition) is 2. The zero-order valence-electron chi connectivity index (χ0n) is 13.7. The zero-order chi connectivity index (χ0) is 16.8. The van der Waals surface area contributed by atoms with Gasteiger partial charge in [0, 0.05) is 43.7 Å². The predicted octanol–water partition coefficient (Wildman–Crippen LogP) is 2.74. The minimum absolute atomic E-state index is 0.225. The van der Waals surface area contributed by atoms with Gasteiger partial charge in [-0.2, -0.15) is 0 Å². The van der Waals surface area contributed by atoms with E-state index in [0.717, 1.165) is 55.4 Å². The number of rotatable bonds is 7. The molecule has 2 aromatic rings. The summed E-state index contributed by atoms with van der Waals surface area (Å²) < 4.78 is 13.0. The molecule has 1 fully saturated rings. The second-order valence-corrected chi connectivity index (χ2v) is 7.24. The van der Waals surface area contributed by atoms with Crippen molar-refractivity contribution in [2.45, 2.75) is 19.4 Å². The number of aliphatic hydroxyl groups is 1. The minimum Gasteiger partial charge on any atom is -0.396 e. The molecule has 0 bridgehead atoms. The minimum atomic E-state index is -0.225. The predicted molar refractivity (Wildman–Crippen MR) is 95.5 cm³/mol. The number of likely N-dealkylation sites (tertiary alicyclic amines) is 1. The summed E-state index contributed by atoms with van der Waals surface area (Å²) in [6.45, 7) is 5.11. The first-order chi connectivity index (χ1) is 11.7. The van der Waals surface area contributed by atoms with Gasteiger partial charge in [0.1, 0.15) is 10.8 Å². The van der Waals surface area contributed by atoms with Gasteiger partial charge in [-0.25, -0.2) is 9.37 Å². The fourth-order valence-corrected chi connectivity index (χ4v) is 3.85. The maximum absolute atomic E-state index is 13.0. The summed E-state index contributed by atoms with van der Waals surface area (Å²) >= 11 is 1.62. The average molecular weight is 349 g/mol. The molecule has 1 atom stereocenters. The number of halogens is 1. The Balaban J connectivity index is 1.42. The molecule has 4 nitrogen and oxygen atoms in total. The van der Waals surface area contributed by atoms with E-state index in [4.69, 9.17) is 0 Å². The fraction of sp³-hybridized carbons (Fsp3) is 0.500. The van der Waals surface area contributed by atoms with Gasteiger partial charge in [-0.3, -0.25) is 0 Å². The summed E-state index contributed by atoms with van der Waals surface area (Å²) in [7, 11) is 0. The molecule has 24 heavy (non-hydrogen) atoms. The van der Waals surface area contributed by atoms with E-state index in [1.54, 1.807) is 23.5 Å². The van der Waals surface area contributed by atoms with Crippen molar-refractivity contribution in [3.8, 4) is 11.3 Å². The topological polar surface area (TPSA) is 48.4 Å². The number of aliphatic hydroxyl groups excluding tert-OH is 1. The zero-order valence-corrected chi connectivity index (χ0v) is 14.6. The smallest absolute Gasteiger partial charge is 0.123 e. The Morgan fingerprint density at radius 3 is 2.96 bits per heavy atom. The molecule has 6 heteroatoms. The lowest BCUT2D eigenvalue weighted by atomic mass is 9.99. The van der Waals surface area contributed by atoms with Crippen LogP contribution >= 0.6 is 11.3 Å². The highest BCUT2D eigenvalue weighted by Crippen LogP contribution is 2.22. The molecule has 0 amide bonds. The molecular weight excluding hydrogens is 325 g/mol. The number of aromatic nitrogens is 1. The van der Waals surface area contributed by atoms with Crippen LogP contribution in [0.3, 0.4) is 0 Å². The van der Waals surface area contributed by atoms with Crippen LogP contribution in [0, 0.1) is 11.7 Å². The van der Waals surface area contributed by atoms with Crippen molar-refractivity contribution in [1.29, 1.82) is 0 Å². The van der Waals surface area contributed by atoms with Crippen molar-refractivity contribution >= 4 is 11.3 Å². The van der Waals surface area contributed by atoms with Gasteiger partial charge in [-0.05, 0) is 49.6 Å². The Kier molecular flexibility index (Phi) is 6.31. The highest BCUT2D eigenvalue weighted by atomic mass is 32.1. The molecule has 0 spiro atoms. The van der Waals surface area contributed by atoms with E-state index in [2.05, 4.69) is 15.2 Å². The standard InChI is InChI=1S/C18H24FN3OS/c19-16-5-3-15(4-6-16)17-13-24-18(21-17)10-20-7-9-22-8-1-2-14(11-22)12-23/h3-6,13-14,20,23H,1-2,7-12H2/t14-/m0/s1. The average Bonchev–Trinajstić information content (AvgIpc) is 3.08. The van der Waals surface area contributed by atoms with Crippen molar-refractivity contribution in [1.82, 2.24) is 15.2 Å². The monoisotopic (exact) mass is 349 g/mol. The van der Waals surface area contributed by atoms with Gasteiger partial charge in [0.25, 0.3) is 0 Å². The summed E-state index contributed by atoms with van der Waals surface area (Å²) in [5, 5.41) is 15.8. The van der Waals surface area contributed by atoms with E-state index in [1.807, 2.05) is 5.38 Å². The maximum Gasteiger partial charge on any atom is 0.123 e. The Morgan fingerprint density at radius 1 is 1.33 bits per heavy atom. The number of thiazole rings is 1. The SMILES string of the molecule is OC[C@H]1CCCN(CCNCc2nc(-c3ccc(F)cc3)cs2)C1. The van der Waals surface area contributed by atoms with Gasteiger partial charge >= 0.3 is 0 Å². The van der Waals surface area contributed by atoms with Crippen LogP contribution in [0.25, 0.3) is 11.3 Å². The second kappa shape index (κ2) is 8.67. The summed E-state index contributed by atoms with van der Waals surface area (Å²) in [4.78, 5) is 7.03. The van der Waals surface area contributed by atoms with Gasteiger partial charge in [-0.1, -0.05) is 0 Å². The van der Waals surface area contributed by atoms with Gasteiger partial charge in [0.2, 0.25) is 0 Å². The molecule has 1 aliphatic rings. The molecule has 0 saturated carbocycles. The van der Waals surface area contributed by atoms with Crippen LogP contribution in [0.1, 0.15) is 17.8 Å². The Labute approximate surface area is 146 Å². The Bertz CT molecular complexity index is 631. The van der Waals surface area contributed by atoms with E-state index < -0.39 is 0 Å². The third-order valence-electron chi connectivity index (χ3n) is 4.43. The van der Waals surface area contributed by atoms with Crippen molar-refractivity contribution in [2.24, 2.45) is 5.92 Å². The van der Waals surface area contributed by atoms with Gasteiger partial charge in [0.15, 0.2) is 0 Å². The van der Waals surface area contributed by atoms with E-state index in [1.165, 1.54) is 18.6 Å². The maximum atomic E-state index is 13.0.